The van der Waals surface area contributed by atoms with Crippen molar-refractivity contribution in [3.63, 3.8) is 0 Å². The van der Waals surface area contributed by atoms with Crippen LogP contribution < -0.4 is 4.72 Å². The van der Waals surface area contributed by atoms with E-state index >= 15 is 0 Å². The standard InChI is InChI=1S/C10H5BrCl2N4O2S/c11-6-1-7(12)9(8(13)2-6)20(18,19)17-10-5(3-14)4-15-16-10/h1-2,4H,(H2,15,16,17). The van der Waals surface area contributed by atoms with E-state index in [2.05, 4.69) is 30.8 Å². The summed E-state index contributed by atoms with van der Waals surface area (Å²) in [7, 11) is -4.05. The highest BCUT2D eigenvalue weighted by Crippen LogP contribution is 2.33. The van der Waals surface area contributed by atoms with Crippen molar-refractivity contribution in [3.8, 4) is 6.07 Å². The van der Waals surface area contributed by atoms with E-state index in [0.717, 1.165) is 0 Å². The lowest BCUT2D eigenvalue weighted by Crippen LogP contribution is -2.15. The van der Waals surface area contributed by atoms with Crippen LogP contribution in [0.4, 0.5) is 5.82 Å². The van der Waals surface area contributed by atoms with Gasteiger partial charge in [0.1, 0.15) is 16.5 Å². The minimum Gasteiger partial charge on any atom is -0.263 e. The van der Waals surface area contributed by atoms with Crippen molar-refractivity contribution in [2.24, 2.45) is 0 Å². The molecule has 2 rings (SSSR count). The second kappa shape index (κ2) is 5.61. The Balaban J connectivity index is 2.50. The average molecular weight is 396 g/mol. The molecule has 104 valence electrons. The molecule has 1 aromatic heterocycles. The van der Waals surface area contributed by atoms with E-state index in [4.69, 9.17) is 28.5 Å². The van der Waals surface area contributed by atoms with Gasteiger partial charge in [-0.3, -0.25) is 9.82 Å². The minimum atomic E-state index is -4.05. The van der Waals surface area contributed by atoms with Gasteiger partial charge in [-0.25, -0.2) is 8.42 Å². The molecule has 1 heterocycles. The fourth-order valence-electron chi connectivity index (χ4n) is 1.42. The molecule has 0 saturated carbocycles. The molecule has 0 unspecified atom stereocenters. The van der Waals surface area contributed by atoms with Gasteiger partial charge in [0.2, 0.25) is 0 Å². The molecule has 20 heavy (non-hydrogen) atoms. The second-order valence-electron chi connectivity index (χ2n) is 3.57. The Morgan fingerprint density at radius 2 is 1.95 bits per heavy atom. The van der Waals surface area contributed by atoms with E-state index in [-0.39, 0.29) is 26.3 Å². The first-order valence-electron chi connectivity index (χ1n) is 4.96. The molecular weight excluding hydrogens is 391 g/mol. The molecule has 0 bridgehead atoms. The van der Waals surface area contributed by atoms with Crippen LogP contribution in [0.5, 0.6) is 0 Å². The van der Waals surface area contributed by atoms with Crippen molar-refractivity contribution in [1.82, 2.24) is 10.2 Å². The first kappa shape index (κ1) is 15.1. The Labute approximate surface area is 132 Å². The van der Waals surface area contributed by atoms with Crippen LogP contribution in [0, 0.1) is 11.3 Å². The molecular formula is C10H5BrCl2N4O2S. The van der Waals surface area contributed by atoms with Gasteiger partial charge in [0.05, 0.1) is 16.2 Å². The lowest BCUT2D eigenvalue weighted by molar-refractivity contribution is 0.601. The minimum absolute atomic E-state index is 0.0464. The van der Waals surface area contributed by atoms with Crippen LogP contribution in [-0.4, -0.2) is 18.6 Å². The summed E-state index contributed by atoms with van der Waals surface area (Å²) in [5.41, 5.74) is 0.0536. The van der Waals surface area contributed by atoms with E-state index in [1.807, 2.05) is 0 Å². The largest absolute Gasteiger partial charge is 0.266 e. The van der Waals surface area contributed by atoms with Crippen molar-refractivity contribution in [2.45, 2.75) is 4.90 Å². The normalized spacial score (nSPS) is 11.1. The lowest BCUT2D eigenvalue weighted by atomic mass is 10.4. The van der Waals surface area contributed by atoms with Gasteiger partial charge in [-0.15, -0.1) is 0 Å². The summed E-state index contributed by atoms with van der Waals surface area (Å²) in [5.74, 6) is -0.0532. The Morgan fingerprint density at radius 3 is 2.50 bits per heavy atom. The summed E-state index contributed by atoms with van der Waals surface area (Å²) in [5, 5.41) is 14.7. The predicted molar refractivity (Wildman–Crippen MR) is 78.3 cm³/mol. The summed E-state index contributed by atoms with van der Waals surface area (Å²) < 4.78 is 27.3. The van der Waals surface area contributed by atoms with E-state index in [1.54, 1.807) is 6.07 Å². The highest BCUT2D eigenvalue weighted by molar-refractivity contribution is 9.10. The fraction of sp³-hybridized carbons (Fsp3) is 0. The monoisotopic (exact) mass is 394 g/mol. The molecule has 2 aromatic rings. The number of hydrogen-bond acceptors (Lipinski definition) is 4. The van der Waals surface area contributed by atoms with Gasteiger partial charge < -0.3 is 0 Å². The molecule has 0 fully saturated rings. The molecule has 10 heteroatoms. The molecule has 0 amide bonds. The van der Waals surface area contributed by atoms with Crippen molar-refractivity contribution >= 4 is 55.0 Å². The summed E-state index contributed by atoms with van der Waals surface area (Å²) in [6.07, 6.45) is 1.20. The number of sulfonamides is 1. The number of benzene rings is 1. The first-order chi connectivity index (χ1) is 9.35. The number of aromatic nitrogens is 2. The Bertz CT molecular complexity index is 790. The van der Waals surface area contributed by atoms with E-state index in [9.17, 15) is 8.42 Å². The van der Waals surface area contributed by atoms with Crippen LogP contribution in [0.1, 0.15) is 5.56 Å². The zero-order chi connectivity index (χ0) is 14.9. The van der Waals surface area contributed by atoms with Crippen LogP contribution in [-0.2, 0) is 10.0 Å². The maximum absolute atomic E-state index is 12.3. The average Bonchev–Trinajstić information content (AvgIpc) is 2.73. The highest BCUT2D eigenvalue weighted by Gasteiger charge is 2.24. The van der Waals surface area contributed by atoms with Crippen LogP contribution in [0.2, 0.25) is 10.0 Å². The van der Waals surface area contributed by atoms with Crippen molar-refractivity contribution in [1.29, 1.82) is 5.26 Å². The SMILES string of the molecule is N#Cc1cn[nH]c1NS(=O)(=O)c1c(Cl)cc(Br)cc1Cl. The third-order valence-electron chi connectivity index (χ3n) is 2.23. The number of rotatable bonds is 3. The number of nitrogens with one attached hydrogen (secondary N) is 2. The van der Waals surface area contributed by atoms with Crippen molar-refractivity contribution < 1.29 is 8.42 Å². The maximum Gasteiger partial charge on any atom is 0.266 e. The van der Waals surface area contributed by atoms with Crippen LogP contribution in [0.15, 0.2) is 27.7 Å². The maximum atomic E-state index is 12.3. The van der Waals surface area contributed by atoms with Gasteiger partial charge in [0.15, 0.2) is 5.82 Å². The van der Waals surface area contributed by atoms with Gasteiger partial charge in [0.25, 0.3) is 10.0 Å². The number of anilines is 1. The molecule has 2 N–H and O–H groups in total. The number of hydrogen-bond donors (Lipinski definition) is 2. The topological polar surface area (TPSA) is 98.6 Å². The van der Waals surface area contributed by atoms with Crippen molar-refractivity contribution in [2.75, 3.05) is 4.72 Å². The number of nitrogens with zero attached hydrogens (tertiary/aromatic N) is 2. The zero-order valence-corrected chi connectivity index (χ0v) is 13.4. The lowest BCUT2D eigenvalue weighted by Gasteiger charge is -2.10. The molecule has 0 saturated heterocycles. The van der Waals surface area contributed by atoms with E-state index in [1.165, 1.54) is 18.3 Å². The Kier molecular flexibility index (Phi) is 4.25. The smallest absolute Gasteiger partial charge is 0.263 e. The number of nitriles is 1. The highest BCUT2D eigenvalue weighted by atomic mass is 79.9. The summed E-state index contributed by atoms with van der Waals surface area (Å²) in [4.78, 5) is -0.275. The number of aromatic amines is 1. The summed E-state index contributed by atoms with van der Waals surface area (Å²) in [6, 6.07) is 4.60. The van der Waals surface area contributed by atoms with Crippen LogP contribution in [0.25, 0.3) is 0 Å². The Hall–Kier alpha value is -1.27. The van der Waals surface area contributed by atoms with E-state index in [0.29, 0.717) is 4.47 Å². The van der Waals surface area contributed by atoms with Crippen LogP contribution in [0.3, 0.4) is 0 Å². The number of halogens is 3. The predicted octanol–water partition coefficient (Wildman–Crippen LogP) is 3.15. The third kappa shape index (κ3) is 2.91. The van der Waals surface area contributed by atoms with Gasteiger partial charge >= 0.3 is 0 Å². The third-order valence-corrected chi connectivity index (χ3v) is 4.96. The van der Waals surface area contributed by atoms with Gasteiger partial charge in [-0.1, -0.05) is 39.1 Å². The van der Waals surface area contributed by atoms with E-state index < -0.39 is 10.0 Å². The molecule has 0 atom stereocenters. The van der Waals surface area contributed by atoms with Gasteiger partial charge in [0, 0.05) is 4.47 Å². The quantitative estimate of drug-likeness (QED) is 0.833. The fourth-order valence-corrected chi connectivity index (χ4v) is 4.40. The molecule has 0 aliphatic rings. The molecule has 0 spiro atoms. The summed E-state index contributed by atoms with van der Waals surface area (Å²) >= 11 is 15.0. The molecule has 0 radical (unpaired) electrons. The van der Waals surface area contributed by atoms with Gasteiger partial charge in [-0.2, -0.15) is 10.4 Å². The van der Waals surface area contributed by atoms with Crippen molar-refractivity contribution in [3.05, 3.63) is 38.4 Å². The molecule has 6 nitrogen and oxygen atoms in total. The molecule has 0 aliphatic heterocycles. The van der Waals surface area contributed by atoms with Gasteiger partial charge in [-0.05, 0) is 12.1 Å². The molecule has 0 aliphatic carbocycles. The zero-order valence-electron chi connectivity index (χ0n) is 9.49. The first-order valence-corrected chi connectivity index (χ1v) is 7.99. The summed E-state index contributed by atoms with van der Waals surface area (Å²) in [6.45, 7) is 0. The second-order valence-corrected chi connectivity index (χ2v) is 6.92. The molecule has 1 aromatic carbocycles. The van der Waals surface area contributed by atoms with Crippen LogP contribution >= 0.6 is 39.1 Å². The number of H-pyrrole nitrogens is 1. The Morgan fingerprint density at radius 1 is 1.35 bits per heavy atom.